The summed E-state index contributed by atoms with van der Waals surface area (Å²) in [5, 5.41) is 3.45. The van der Waals surface area contributed by atoms with Gasteiger partial charge in [-0.25, -0.2) is 0 Å². The van der Waals surface area contributed by atoms with Gasteiger partial charge < -0.3 is 10.1 Å². The van der Waals surface area contributed by atoms with Crippen LogP contribution in [0.5, 0.6) is 0 Å². The average Bonchev–Trinajstić information content (AvgIpc) is 2.05. The van der Waals surface area contributed by atoms with Gasteiger partial charge in [-0.15, -0.1) is 0 Å². The van der Waals surface area contributed by atoms with Gasteiger partial charge in [-0.2, -0.15) is 0 Å². The van der Waals surface area contributed by atoms with Gasteiger partial charge in [0.2, 0.25) is 0 Å². The zero-order valence-corrected chi connectivity index (χ0v) is 6.89. The first-order valence-corrected chi connectivity index (χ1v) is 4.13. The normalized spacial score (nSPS) is 34.2. The molecule has 60 valence electrons. The SMILES string of the molecule is CC[C@@H]1C[C@H](OC)CCN1. The van der Waals surface area contributed by atoms with E-state index in [1.807, 2.05) is 7.11 Å². The van der Waals surface area contributed by atoms with Gasteiger partial charge in [0.25, 0.3) is 0 Å². The van der Waals surface area contributed by atoms with E-state index in [1.165, 1.54) is 19.3 Å². The molecule has 2 heteroatoms. The third-order valence-corrected chi connectivity index (χ3v) is 2.27. The van der Waals surface area contributed by atoms with Crippen LogP contribution in [0.2, 0.25) is 0 Å². The lowest BCUT2D eigenvalue weighted by atomic mass is 10.0. The number of rotatable bonds is 2. The van der Waals surface area contributed by atoms with Crippen molar-refractivity contribution in [2.75, 3.05) is 13.7 Å². The molecule has 1 N–H and O–H groups in total. The number of nitrogens with one attached hydrogen (secondary N) is 1. The second kappa shape index (κ2) is 3.94. The third-order valence-electron chi connectivity index (χ3n) is 2.27. The minimum atomic E-state index is 0.506. The van der Waals surface area contributed by atoms with Crippen LogP contribution in [0, 0.1) is 0 Å². The van der Waals surface area contributed by atoms with Crippen molar-refractivity contribution < 1.29 is 4.74 Å². The van der Waals surface area contributed by atoms with E-state index < -0.39 is 0 Å². The molecule has 10 heavy (non-hydrogen) atoms. The van der Waals surface area contributed by atoms with E-state index in [9.17, 15) is 0 Å². The van der Waals surface area contributed by atoms with E-state index >= 15 is 0 Å². The molecule has 1 fully saturated rings. The Morgan fingerprint density at radius 1 is 1.60 bits per heavy atom. The van der Waals surface area contributed by atoms with Gasteiger partial charge in [-0.1, -0.05) is 6.92 Å². The highest BCUT2D eigenvalue weighted by atomic mass is 16.5. The van der Waals surface area contributed by atoms with Crippen LogP contribution in [0.4, 0.5) is 0 Å². The van der Waals surface area contributed by atoms with E-state index in [1.54, 1.807) is 0 Å². The second-order valence-electron chi connectivity index (χ2n) is 2.94. The Bertz CT molecular complexity index is 85.3. The summed E-state index contributed by atoms with van der Waals surface area (Å²) < 4.78 is 5.28. The minimum Gasteiger partial charge on any atom is -0.381 e. The highest BCUT2D eigenvalue weighted by Crippen LogP contribution is 2.12. The molecule has 0 bridgehead atoms. The fourth-order valence-electron chi connectivity index (χ4n) is 1.49. The quantitative estimate of drug-likeness (QED) is 0.626. The predicted octanol–water partition coefficient (Wildman–Crippen LogP) is 1.16. The number of methoxy groups -OCH3 is 1. The van der Waals surface area contributed by atoms with Crippen molar-refractivity contribution >= 4 is 0 Å². The second-order valence-corrected chi connectivity index (χ2v) is 2.94. The van der Waals surface area contributed by atoms with Crippen LogP contribution in [-0.2, 0) is 4.74 Å². The summed E-state index contributed by atoms with van der Waals surface area (Å²) in [6.07, 6.45) is 4.09. The zero-order chi connectivity index (χ0) is 7.40. The topological polar surface area (TPSA) is 21.3 Å². The maximum atomic E-state index is 5.28. The Balaban J connectivity index is 2.25. The molecule has 2 nitrogen and oxygen atoms in total. The Morgan fingerprint density at radius 3 is 3.00 bits per heavy atom. The lowest BCUT2D eigenvalue weighted by molar-refractivity contribution is 0.0615. The minimum absolute atomic E-state index is 0.506. The van der Waals surface area contributed by atoms with Crippen molar-refractivity contribution in [1.29, 1.82) is 0 Å². The summed E-state index contributed by atoms with van der Waals surface area (Å²) in [7, 11) is 1.81. The molecule has 1 aliphatic heterocycles. The molecular weight excluding hydrogens is 126 g/mol. The van der Waals surface area contributed by atoms with Gasteiger partial charge in [-0.05, 0) is 25.8 Å². The molecule has 1 rings (SSSR count). The summed E-state index contributed by atoms with van der Waals surface area (Å²) in [5.74, 6) is 0. The Kier molecular flexibility index (Phi) is 3.16. The first-order chi connectivity index (χ1) is 4.86. The van der Waals surface area contributed by atoms with Crippen LogP contribution >= 0.6 is 0 Å². The van der Waals surface area contributed by atoms with Gasteiger partial charge in [0.1, 0.15) is 0 Å². The lowest BCUT2D eigenvalue weighted by Crippen LogP contribution is -2.40. The monoisotopic (exact) mass is 143 g/mol. The van der Waals surface area contributed by atoms with E-state index in [0.717, 1.165) is 6.54 Å². The smallest absolute Gasteiger partial charge is 0.0598 e. The van der Waals surface area contributed by atoms with Crippen LogP contribution in [0.1, 0.15) is 26.2 Å². The first-order valence-electron chi connectivity index (χ1n) is 4.13. The summed E-state index contributed by atoms with van der Waals surface area (Å²) in [6.45, 7) is 3.34. The summed E-state index contributed by atoms with van der Waals surface area (Å²) >= 11 is 0. The number of hydrogen-bond acceptors (Lipinski definition) is 2. The molecule has 0 saturated carbocycles. The largest absolute Gasteiger partial charge is 0.381 e. The van der Waals surface area contributed by atoms with Crippen LogP contribution < -0.4 is 5.32 Å². The van der Waals surface area contributed by atoms with Crippen LogP contribution in [0.25, 0.3) is 0 Å². The fraction of sp³-hybridized carbons (Fsp3) is 1.00. The third kappa shape index (κ3) is 1.96. The molecule has 0 spiro atoms. The summed E-state index contributed by atoms with van der Waals surface area (Å²) in [5.41, 5.74) is 0. The van der Waals surface area contributed by atoms with Gasteiger partial charge >= 0.3 is 0 Å². The molecule has 1 saturated heterocycles. The predicted molar refractivity (Wildman–Crippen MR) is 42.1 cm³/mol. The van der Waals surface area contributed by atoms with Crippen molar-refractivity contribution in [3.8, 4) is 0 Å². The summed E-state index contributed by atoms with van der Waals surface area (Å²) in [4.78, 5) is 0. The lowest BCUT2D eigenvalue weighted by Gasteiger charge is -2.28. The molecule has 1 heterocycles. The van der Waals surface area contributed by atoms with Crippen molar-refractivity contribution in [2.45, 2.75) is 38.3 Å². The molecule has 1 aliphatic rings. The fourth-order valence-corrected chi connectivity index (χ4v) is 1.49. The van der Waals surface area contributed by atoms with Gasteiger partial charge in [0.15, 0.2) is 0 Å². The molecule has 0 radical (unpaired) electrons. The molecule has 0 unspecified atom stereocenters. The van der Waals surface area contributed by atoms with Crippen LogP contribution in [-0.4, -0.2) is 25.8 Å². The molecule has 2 atom stereocenters. The van der Waals surface area contributed by atoms with Crippen LogP contribution in [0.3, 0.4) is 0 Å². The molecule has 0 amide bonds. The number of ether oxygens (including phenoxy) is 1. The summed E-state index contributed by atoms with van der Waals surface area (Å²) in [6, 6.07) is 0.693. The molecule has 0 aromatic rings. The van der Waals surface area contributed by atoms with E-state index in [0.29, 0.717) is 12.1 Å². The Labute approximate surface area is 63.0 Å². The number of piperidine rings is 1. The van der Waals surface area contributed by atoms with Crippen molar-refractivity contribution in [1.82, 2.24) is 5.32 Å². The molecule has 0 aliphatic carbocycles. The van der Waals surface area contributed by atoms with E-state index in [2.05, 4.69) is 12.2 Å². The Hall–Kier alpha value is -0.0800. The van der Waals surface area contributed by atoms with Gasteiger partial charge in [0, 0.05) is 13.2 Å². The van der Waals surface area contributed by atoms with E-state index in [4.69, 9.17) is 4.74 Å². The highest BCUT2D eigenvalue weighted by Gasteiger charge is 2.18. The standard InChI is InChI=1S/C8H17NO/c1-3-7-6-8(10-2)4-5-9-7/h7-9H,3-6H2,1-2H3/t7-,8-/m1/s1. The number of hydrogen-bond donors (Lipinski definition) is 1. The maximum absolute atomic E-state index is 5.28. The van der Waals surface area contributed by atoms with Gasteiger partial charge in [0.05, 0.1) is 6.10 Å². The Morgan fingerprint density at radius 2 is 2.40 bits per heavy atom. The zero-order valence-electron chi connectivity index (χ0n) is 6.89. The van der Waals surface area contributed by atoms with Crippen molar-refractivity contribution in [3.05, 3.63) is 0 Å². The maximum Gasteiger partial charge on any atom is 0.0598 e. The van der Waals surface area contributed by atoms with Crippen molar-refractivity contribution in [3.63, 3.8) is 0 Å². The highest BCUT2D eigenvalue weighted by molar-refractivity contribution is 4.77. The van der Waals surface area contributed by atoms with E-state index in [-0.39, 0.29) is 0 Å². The average molecular weight is 143 g/mol. The molecule has 0 aromatic heterocycles. The molecule has 0 aromatic carbocycles. The van der Waals surface area contributed by atoms with Gasteiger partial charge in [-0.3, -0.25) is 0 Å². The van der Waals surface area contributed by atoms with Crippen molar-refractivity contribution in [2.24, 2.45) is 0 Å². The molecular formula is C8H17NO. The first kappa shape index (κ1) is 8.02. The van der Waals surface area contributed by atoms with Crippen LogP contribution in [0.15, 0.2) is 0 Å².